The lowest BCUT2D eigenvalue weighted by Crippen LogP contribution is -2.46. The van der Waals surface area contributed by atoms with Crippen LogP contribution in [-0.4, -0.2) is 44.2 Å². The van der Waals surface area contributed by atoms with E-state index in [0.717, 1.165) is 0 Å². The maximum atomic E-state index is 12.1. The van der Waals surface area contributed by atoms with E-state index >= 15 is 0 Å². The number of nitrogens with one attached hydrogen (secondary N) is 2. The minimum absolute atomic E-state index is 0.0127. The Balaban J connectivity index is 2.61. The second-order valence-corrected chi connectivity index (χ2v) is 6.10. The van der Waals surface area contributed by atoms with Crippen LogP contribution in [0.5, 0.6) is 5.75 Å². The summed E-state index contributed by atoms with van der Waals surface area (Å²) in [6.07, 6.45) is 0. The molecule has 0 saturated carbocycles. The van der Waals surface area contributed by atoms with Gasteiger partial charge < -0.3 is 25.8 Å². The van der Waals surface area contributed by atoms with Crippen molar-refractivity contribution >= 4 is 29.1 Å². The zero-order chi connectivity index (χ0) is 18.8. The van der Waals surface area contributed by atoms with E-state index in [0.29, 0.717) is 36.3 Å². The third-order valence-electron chi connectivity index (χ3n) is 3.36. The summed E-state index contributed by atoms with van der Waals surface area (Å²) in [7, 11) is 0. The highest BCUT2D eigenvalue weighted by molar-refractivity contribution is 6.32. The number of ether oxygens (including phenoxy) is 2. The number of amides is 2. The Kier molecular flexibility index (Phi) is 9.26. The molecule has 7 nitrogen and oxygen atoms in total. The van der Waals surface area contributed by atoms with Gasteiger partial charge in [0.05, 0.1) is 29.9 Å². The van der Waals surface area contributed by atoms with Crippen LogP contribution < -0.4 is 21.1 Å². The third-order valence-corrected chi connectivity index (χ3v) is 3.66. The van der Waals surface area contributed by atoms with Crippen molar-refractivity contribution in [2.75, 3.05) is 31.7 Å². The number of benzene rings is 1. The highest BCUT2D eigenvalue weighted by Gasteiger charge is 2.18. The predicted molar refractivity (Wildman–Crippen MR) is 97.9 cm³/mol. The largest absolute Gasteiger partial charge is 0.487 e. The molecule has 2 amide bonds. The molecule has 0 bridgehead atoms. The van der Waals surface area contributed by atoms with Crippen molar-refractivity contribution in [2.45, 2.75) is 26.8 Å². The van der Waals surface area contributed by atoms with Gasteiger partial charge in [0.15, 0.2) is 5.75 Å². The Morgan fingerprint density at radius 3 is 2.64 bits per heavy atom. The van der Waals surface area contributed by atoms with Gasteiger partial charge in [0.2, 0.25) is 11.8 Å². The van der Waals surface area contributed by atoms with Gasteiger partial charge in [-0.1, -0.05) is 31.5 Å². The second kappa shape index (κ2) is 10.9. The molecule has 1 rings (SSSR count). The molecule has 0 fully saturated rings. The number of carbonyl (C=O) groups is 2. The molecule has 0 unspecified atom stereocenters. The average Bonchev–Trinajstić information content (AvgIpc) is 2.57. The summed E-state index contributed by atoms with van der Waals surface area (Å²) in [6.45, 7) is 6.68. The van der Waals surface area contributed by atoms with E-state index < -0.39 is 11.9 Å². The smallest absolute Gasteiger partial charge is 0.243 e. The molecule has 0 aliphatic carbocycles. The highest BCUT2D eigenvalue weighted by Crippen LogP contribution is 2.32. The van der Waals surface area contributed by atoms with Crippen LogP contribution in [0.3, 0.4) is 0 Å². The van der Waals surface area contributed by atoms with Gasteiger partial charge in [-0.2, -0.15) is 0 Å². The average molecular weight is 372 g/mol. The molecule has 0 aliphatic rings. The molecule has 0 aromatic heterocycles. The molecule has 1 aromatic carbocycles. The van der Waals surface area contributed by atoms with Crippen LogP contribution in [-0.2, 0) is 14.3 Å². The number of hydrogen-bond acceptors (Lipinski definition) is 5. The lowest BCUT2D eigenvalue weighted by Gasteiger charge is -2.16. The summed E-state index contributed by atoms with van der Waals surface area (Å²) < 4.78 is 10.8. The SMILES string of the molecule is CCOCCOc1c(Cl)cccc1NC(=O)CNC(=O)[C@@H](N)C(C)C. The van der Waals surface area contributed by atoms with Gasteiger partial charge in [-0.3, -0.25) is 9.59 Å². The number of hydrogen-bond donors (Lipinski definition) is 3. The molecule has 1 aromatic rings. The van der Waals surface area contributed by atoms with Crippen molar-refractivity contribution in [1.29, 1.82) is 0 Å². The first kappa shape index (κ1) is 21.2. The molecular weight excluding hydrogens is 346 g/mol. The molecule has 0 radical (unpaired) electrons. The van der Waals surface area contributed by atoms with Crippen molar-refractivity contribution < 1.29 is 19.1 Å². The van der Waals surface area contributed by atoms with E-state index in [2.05, 4.69) is 10.6 Å². The van der Waals surface area contributed by atoms with E-state index in [1.54, 1.807) is 18.2 Å². The predicted octanol–water partition coefficient (Wildman–Crippen LogP) is 1.79. The lowest BCUT2D eigenvalue weighted by molar-refractivity contribution is -0.125. The number of para-hydroxylation sites is 1. The Morgan fingerprint density at radius 2 is 2.00 bits per heavy atom. The Labute approximate surface area is 153 Å². The van der Waals surface area contributed by atoms with Crippen LogP contribution in [0.2, 0.25) is 5.02 Å². The summed E-state index contributed by atoms with van der Waals surface area (Å²) >= 11 is 6.13. The van der Waals surface area contributed by atoms with Crippen LogP contribution >= 0.6 is 11.6 Å². The molecule has 0 saturated heterocycles. The molecule has 25 heavy (non-hydrogen) atoms. The summed E-state index contributed by atoms with van der Waals surface area (Å²) in [5, 5.41) is 5.55. The zero-order valence-corrected chi connectivity index (χ0v) is 15.6. The first-order chi connectivity index (χ1) is 11.9. The van der Waals surface area contributed by atoms with Gasteiger partial charge in [-0.25, -0.2) is 0 Å². The number of anilines is 1. The van der Waals surface area contributed by atoms with Crippen molar-refractivity contribution in [1.82, 2.24) is 5.32 Å². The molecule has 4 N–H and O–H groups in total. The lowest BCUT2D eigenvalue weighted by atomic mass is 10.1. The monoisotopic (exact) mass is 371 g/mol. The van der Waals surface area contributed by atoms with Crippen molar-refractivity contribution in [3.8, 4) is 5.75 Å². The molecule has 8 heteroatoms. The van der Waals surface area contributed by atoms with E-state index in [4.69, 9.17) is 26.8 Å². The fourth-order valence-corrected chi connectivity index (χ4v) is 2.11. The summed E-state index contributed by atoms with van der Waals surface area (Å²) in [5.41, 5.74) is 6.16. The van der Waals surface area contributed by atoms with Gasteiger partial charge >= 0.3 is 0 Å². The molecule has 0 spiro atoms. The minimum Gasteiger partial charge on any atom is -0.487 e. The number of rotatable bonds is 10. The normalized spacial score (nSPS) is 11.9. The molecule has 0 heterocycles. The van der Waals surface area contributed by atoms with Crippen LogP contribution in [0.15, 0.2) is 18.2 Å². The maximum absolute atomic E-state index is 12.1. The van der Waals surface area contributed by atoms with Gasteiger partial charge in [0, 0.05) is 6.61 Å². The van der Waals surface area contributed by atoms with Crippen molar-refractivity contribution in [2.24, 2.45) is 11.7 Å². The standard InChI is InChI=1S/C17H26ClN3O4/c1-4-24-8-9-25-16-12(18)6-5-7-13(16)21-14(22)10-20-17(23)15(19)11(2)3/h5-7,11,15H,4,8-10,19H2,1-3H3,(H,20,23)(H,21,22)/t15-/m0/s1. The molecule has 0 aliphatic heterocycles. The Morgan fingerprint density at radius 1 is 1.28 bits per heavy atom. The Bertz CT molecular complexity index is 581. The topological polar surface area (TPSA) is 103 Å². The number of carbonyl (C=O) groups excluding carboxylic acids is 2. The number of nitrogens with two attached hydrogens (primary N) is 1. The first-order valence-corrected chi connectivity index (χ1v) is 8.56. The van der Waals surface area contributed by atoms with Gasteiger partial charge in [0.25, 0.3) is 0 Å². The summed E-state index contributed by atoms with van der Waals surface area (Å²) in [4.78, 5) is 23.8. The van der Waals surface area contributed by atoms with Gasteiger partial charge in [-0.05, 0) is 25.0 Å². The van der Waals surface area contributed by atoms with Crippen LogP contribution in [0, 0.1) is 5.92 Å². The van der Waals surface area contributed by atoms with Crippen LogP contribution in [0.4, 0.5) is 5.69 Å². The second-order valence-electron chi connectivity index (χ2n) is 5.70. The molecular formula is C17H26ClN3O4. The van der Waals surface area contributed by atoms with Crippen molar-refractivity contribution in [3.63, 3.8) is 0 Å². The van der Waals surface area contributed by atoms with Crippen LogP contribution in [0.25, 0.3) is 0 Å². The zero-order valence-electron chi connectivity index (χ0n) is 14.8. The minimum atomic E-state index is -0.656. The number of halogens is 1. The van der Waals surface area contributed by atoms with E-state index in [-0.39, 0.29) is 18.4 Å². The third kappa shape index (κ3) is 7.29. The fraction of sp³-hybridized carbons (Fsp3) is 0.529. The molecule has 140 valence electrons. The van der Waals surface area contributed by atoms with E-state index in [9.17, 15) is 9.59 Å². The fourth-order valence-electron chi connectivity index (χ4n) is 1.88. The van der Waals surface area contributed by atoms with E-state index in [1.807, 2.05) is 20.8 Å². The van der Waals surface area contributed by atoms with Gasteiger partial charge in [0.1, 0.15) is 6.61 Å². The quantitative estimate of drug-likeness (QED) is 0.544. The van der Waals surface area contributed by atoms with Crippen molar-refractivity contribution in [3.05, 3.63) is 23.2 Å². The van der Waals surface area contributed by atoms with Gasteiger partial charge in [-0.15, -0.1) is 0 Å². The molecule has 1 atom stereocenters. The highest BCUT2D eigenvalue weighted by atomic mass is 35.5. The maximum Gasteiger partial charge on any atom is 0.243 e. The summed E-state index contributed by atoms with van der Waals surface area (Å²) in [6, 6.07) is 4.37. The van der Waals surface area contributed by atoms with E-state index in [1.165, 1.54) is 0 Å². The van der Waals surface area contributed by atoms with Crippen LogP contribution in [0.1, 0.15) is 20.8 Å². The summed E-state index contributed by atoms with van der Waals surface area (Å²) in [5.74, 6) is -0.422. The Hall–Kier alpha value is -1.83. The first-order valence-electron chi connectivity index (χ1n) is 8.19.